The fourth-order valence-corrected chi connectivity index (χ4v) is 3.89. The Balaban J connectivity index is 1.33. The van der Waals surface area contributed by atoms with Crippen molar-refractivity contribution in [1.29, 1.82) is 0 Å². The number of amides is 1. The average molecular weight is 376 g/mol. The number of piperazine rings is 1. The van der Waals surface area contributed by atoms with E-state index in [9.17, 15) is 4.79 Å². The normalized spacial score (nSPS) is 21.9. The van der Waals surface area contributed by atoms with E-state index in [4.69, 9.17) is 9.47 Å². The van der Waals surface area contributed by atoms with E-state index in [1.807, 2.05) is 24.3 Å². The van der Waals surface area contributed by atoms with Gasteiger partial charge in [-0.2, -0.15) is 0 Å². The molecule has 6 heteroatoms. The molecule has 2 aliphatic heterocycles. The Morgan fingerprint density at radius 1 is 1.00 bits per heavy atom. The Morgan fingerprint density at radius 2 is 1.67 bits per heavy atom. The summed E-state index contributed by atoms with van der Waals surface area (Å²) in [5.74, 6) is 2.01. The predicted molar refractivity (Wildman–Crippen MR) is 106 cm³/mol. The van der Waals surface area contributed by atoms with Gasteiger partial charge in [0.05, 0.1) is 13.7 Å². The lowest BCUT2D eigenvalue weighted by atomic mass is 10.0. The van der Waals surface area contributed by atoms with Gasteiger partial charge in [0.25, 0.3) is 0 Å². The third kappa shape index (κ3) is 5.84. The molecule has 0 radical (unpaired) electrons. The quantitative estimate of drug-likeness (QED) is 0.730. The van der Waals surface area contributed by atoms with Crippen molar-refractivity contribution in [3.63, 3.8) is 0 Å². The molecule has 1 unspecified atom stereocenters. The van der Waals surface area contributed by atoms with Crippen LogP contribution < -0.4 is 9.47 Å². The molecule has 3 rings (SSSR count). The number of carbonyl (C=O) groups is 1. The first-order valence-corrected chi connectivity index (χ1v) is 10.2. The summed E-state index contributed by atoms with van der Waals surface area (Å²) in [5, 5.41) is 0. The van der Waals surface area contributed by atoms with Crippen molar-refractivity contribution in [2.45, 2.75) is 32.2 Å². The topological polar surface area (TPSA) is 45.3 Å². The van der Waals surface area contributed by atoms with Crippen molar-refractivity contribution < 1.29 is 14.3 Å². The van der Waals surface area contributed by atoms with Crippen LogP contribution in [0, 0.1) is 0 Å². The Morgan fingerprint density at radius 3 is 2.33 bits per heavy atom. The first-order chi connectivity index (χ1) is 13.2. The molecular formula is C21H33N3O3. The van der Waals surface area contributed by atoms with Crippen molar-refractivity contribution >= 4 is 5.91 Å². The van der Waals surface area contributed by atoms with E-state index in [0.717, 1.165) is 63.6 Å². The van der Waals surface area contributed by atoms with Gasteiger partial charge in [-0.1, -0.05) is 0 Å². The monoisotopic (exact) mass is 375 g/mol. The largest absolute Gasteiger partial charge is 0.497 e. The minimum absolute atomic E-state index is 0.304. The van der Waals surface area contributed by atoms with Crippen LogP contribution in [0.15, 0.2) is 24.3 Å². The summed E-state index contributed by atoms with van der Waals surface area (Å²) in [6.07, 6.45) is 3.55. The van der Waals surface area contributed by atoms with Gasteiger partial charge in [-0.15, -0.1) is 0 Å². The third-order valence-corrected chi connectivity index (χ3v) is 5.68. The highest BCUT2D eigenvalue weighted by molar-refractivity contribution is 5.78. The van der Waals surface area contributed by atoms with Crippen LogP contribution in [-0.4, -0.2) is 86.2 Å². The highest BCUT2D eigenvalue weighted by atomic mass is 16.5. The van der Waals surface area contributed by atoms with Crippen LogP contribution in [-0.2, 0) is 4.79 Å². The number of ether oxygens (including phenoxy) is 2. The Kier molecular flexibility index (Phi) is 7.35. The molecule has 0 aliphatic carbocycles. The van der Waals surface area contributed by atoms with Gasteiger partial charge >= 0.3 is 0 Å². The number of piperidine rings is 1. The number of hydrogen-bond donors (Lipinski definition) is 0. The molecular weight excluding hydrogens is 342 g/mol. The molecule has 1 aromatic carbocycles. The van der Waals surface area contributed by atoms with Crippen molar-refractivity contribution in [3.05, 3.63) is 24.3 Å². The van der Waals surface area contributed by atoms with Crippen molar-refractivity contribution in [2.75, 3.05) is 59.5 Å². The van der Waals surface area contributed by atoms with Crippen LogP contribution >= 0.6 is 0 Å². The molecule has 0 N–H and O–H groups in total. The first kappa shape index (κ1) is 20.0. The van der Waals surface area contributed by atoms with Gasteiger partial charge in [0, 0.05) is 45.3 Å². The lowest BCUT2D eigenvalue weighted by Gasteiger charge is -2.38. The predicted octanol–water partition coefficient (Wildman–Crippen LogP) is 2.09. The van der Waals surface area contributed by atoms with Gasteiger partial charge in [-0.3, -0.25) is 14.6 Å². The Bertz CT molecular complexity index is 585. The van der Waals surface area contributed by atoms with Gasteiger partial charge in [0.15, 0.2) is 0 Å². The van der Waals surface area contributed by atoms with Crippen LogP contribution in [0.2, 0.25) is 0 Å². The molecule has 1 atom stereocenters. The Labute approximate surface area is 163 Å². The maximum Gasteiger partial charge on any atom is 0.236 e. The molecule has 0 saturated carbocycles. The molecule has 0 bridgehead atoms. The average Bonchev–Trinajstić information content (AvgIpc) is 2.70. The summed E-state index contributed by atoms with van der Waals surface area (Å²) < 4.78 is 11.0. The van der Waals surface area contributed by atoms with Crippen LogP contribution in [0.5, 0.6) is 11.5 Å². The van der Waals surface area contributed by atoms with Crippen molar-refractivity contribution in [1.82, 2.24) is 14.7 Å². The van der Waals surface area contributed by atoms with E-state index in [0.29, 0.717) is 25.1 Å². The van der Waals surface area contributed by atoms with E-state index >= 15 is 0 Å². The number of hydrogen-bond acceptors (Lipinski definition) is 5. The highest BCUT2D eigenvalue weighted by Crippen LogP contribution is 2.18. The third-order valence-electron chi connectivity index (χ3n) is 5.68. The number of rotatable bonds is 7. The number of carbonyl (C=O) groups excluding carboxylic acids is 1. The summed E-state index contributed by atoms with van der Waals surface area (Å²) in [7, 11) is 1.66. The Hall–Kier alpha value is -1.79. The molecule has 27 heavy (non-hydrogen) atoms. The zero-order chi connectivity index (χ0) is 19.1. The zero-order valence-electron chi connectivity index (χ0n) is 16.7. The molecule has 1 aromatic rings. The second kappa shape index (κ2) is 9.95. The maximum absolute atomic E-state index is 12.6. The molecule has 0 spiro atoms. The SMILES string of the molecule is COc1ccc(OCCN2CCN(CC(=O)N3CCCCC3C)CC2)cc1. The molecule has 2 saturated heterocycles. The van der Waals surface area contributed by atoms with Crippen LogP contribution in [0.25, 0.3) is 0 Å². The maximum atomic E-state index is 12.6. The standard InChI is InChI=1S/C21H33N3O3/c1-18-5-3-4-10-24(18)21(25)17-23-13-11-22(12-14-23)15-16-27-20-8-6-19(26-2)7-9-20/h6-9,18H,3-5,10-17H2,1-2H3. The lowest BCUT2D eigenvalue weighted by molar-refractivity contribution is -0.136. The van der Waals surface area contributed by atoms with Crippen LogP contribution in [0.1, 0.15) is 26.2 Å². The van der Waals surface area contributed by atoms with Gasteiger partial charge in [-0.05, 0) is 50.5 Å². The van der Waals surface area contributed by atoms with Crippen molar-refractivity contribution in [3.8, 4) is 11.5 Å². The van der Waals surface area contributed by atoms with Gasteiger partial charge < -0.3 is 14.4 Å². The molecule has 0 aromatic heterocycles. The van der Waals surface area contributed by atoms with Gasteiger partial charge in [0.1, 0.15) is 18.1 Å². The summed E-state index contributed by atoms with van der Waals surface area (Å²) >= 11 is 0. The molecule has 2 heterocycles. The lowest BCUT2D eigenvalue weighted by Crippen LogP contribution is -2.52. The van der Waals surface area contributed by atoms with E-state index < -0.39 is 0 Å². The number of likely N-dealkylation sites (tertiary alicyclic amines) is 1. The minimum atomic E-state index is 0.304. The van der Waals surface area contributed by atoms with E-state index in [-0.39, 0.29) is 0 Å². The first-order valence-electron chi connectivity index (χ1n) is 10.2. The second-order valence-corrected chi connectivity index (χ2v) is 7.57. The smallest absolute Gasteiger partial charge is 0.236 e. The molecule has 1 amide bonds. The summed E-state index contributed by atoms with van der Waals surface area (Å²) in [4.78, 5) is 19.4. The van der Waals surface area contributed by atoms with Crippen LogP contribution in [0.4, 0.5) is 0 Å². The fourth-order valence-electron chi connectivity index (χ4n) is 3.89. The molecule has 2 aliphatic rings. The molecule has 2 fully saturated rings. The molecule has 6 nitrogen and oxygen atoms in total. The summed E-state index contributed by atoms with van der Waals surface area (Å²) in [5.41, 5.74) is 0. The van der Waals surface area contributed by atoms with Gasteiger partial charge in [0.2, 0.25) is 5.91 Å². The second-order valence-electron chi connectivity index (χ2n) is 7.57. The number of nitrogens with zero attached hydrogens (tertiary/aromatic N) is 3. The number of methoxy groups -OCH3 is 1. The van der Waals surface area contributed by atoms with Crippen molar-refractivity contribution in [2.24, 2.45) is 0 Å². The fraction of sp³-hybridized carbons (Fsp3) is 0.667. The van der Waals surface area contributed by atoms with E-state index in [1.54, 1.807) is 7.11 Å². The van der Waals surface area contributed by atoms with E-state index in [2.05, 4.69) is 21.6 Å². The number of benzene rings is 1. The summed E-state index contributed by atoms with van der Waals surface area (Å²) in [6, 6.07) is 8.10. The zero-order valence-corrected chi connectivity index (χ0v) is 16.7. The minimum Gasteiger partial charge on any atom is -0.497 e. The summed E-state index contributed by atoms with van der Waals surface area (Å²) in [6.45, 7) is 9.17. The van der Waals surface area contributed by atoms with Gasteiger partial charge in [-0.25, -0.2) is 0 Å². The molecule has 150 valence electrons. The van der Waals surface area contributed by atoms with E-state index in [1.165, 1.54) is 6.42 Å². The van der Waals surface area contributed by atoms with Crippen LogP contribution in [0.3, 0.4) is 0 Å². The highest BCUT2D eigenvalue weighted by Gasteiger charge is 2.26.